The van der Waals surface area contributed by atoms with Gasteiger partial charge in [-0.15, -0.1) is 0 Å². The maximum atomic E-state index is 6.22. The average Bonchev–Trinajstić information content (AvgIpc) is 3.40. The number of likely N-dealkylation sites (tertiary alicyclic amines) is 1. The SMILES string of the molecule is Clc1ccc(-n2cc(CCN3CCC(c4c[nH]c5ccc(Cl)cc45)CC3)cn2)cc1. The number of fused-ring (bicyclic) bond motifs is 1. The van der Waals surface area contributed by atoms with Crippen LogP contribution in [0.25, 0.3) is 16.6 Å². The van der Waals surface area contributed by atoms with Gasteiger partial charge in [0.2, 0.25) is 0 Å². The summed E-state index contributed by atoms with van der Waals surface area (Å²) in [6.45, 7) is 3.32. The van der Waals surface area contributed by atoms with Gasteiger partial charge in [-0.3, -0.25) is 0 Å². The highest BCUT2D eigenvalue weighted by Gasteiger charge is 2.22. The summed E-state index contributed by atoms with van der Waals surface area (Å²) in [4.78, 5) is 5.97. The van der Waals surface area contributed by atoms with E-state index in [-0.39, 0.29) is 0 Å². The maximum Gasteiger partial charge on any atom is 0.0646 e. The highest BCUT2D eigenvalue weighted by Crippen LogP contribution is 2.34. The Morgan fingerprint density at radius 1 is 1.00 bits per heavy atom. The Kier molecular flexibility index (Phi) is 5.55. The lowest BCUT2D eigenvalue weighted by Crippen LogP contribution is -2.34. The van der Waals surface area contributed by atoms with Gasteiger partial charge in [0.05, 0.1) is 11.9 Å². The van der Waals surface area contributed by atoms with E-state index in [2.05, 4.69) is 39.5 Å². The van der Waals surface area contributed by atoms with E-state index in [1.54, 1.807) is 0 Å². The van der Waals surface area contributed by atoms with Gasteiger partial charge in [0.1, 0.15) is 0 Å². The van der Waals surface area contributed by atoms with Gasteiger partial charge in [-0.1, -0.05) is 23.2 Å². The highest BCUT2D eigenvalue weighted by atomic mass is 35.5. The lowest BCUT2D eigenvalue weighted by atomic mass is 9.89. The molecule has 1 N–H and O–H groups in total. The predicted molar refractivity (Wildman–Crippen MR) is 124 cm³/mol. The first-order chi connectivity index (χ1) is 14.7. The summed E-state index contributed by atoms with van der Waals surface area (Å²) in [6.07, 6.45) is 9.64. The summed E-state index contributed by atoms with van der Waals surface area (Å²) in [5.74, 6) is 0.598. The molecule has 0 unspecified atom stereocenters. The molecule has 0 spiro atoms. The Bertz CT molecular complexity index is 1140. The van der Waals surface area contributed by atoms with E-state index in [1.165, 1.54) is 34.9 Å². The smallest absolute Gasteiger partial charge is 0.0646 e. The van der Waals surface area contributed by atoms with Crippen molar-refractivity contribution < 1.29 is 0 Å². The molecule has 4 aromatic rings. The maximum absolute atomic E-state index is 6.22. The molecule has 6 heteroatoms. The minimum absolute atomic E-state index is 0.598. The first-order valence-electron chi connectivity index (χ1n) is 10.4. The van der Waals surface area contributed by atoms with Crippen LogP contribution in [-0.4, -0.2) is 39.3 Å². The van der Waals surface area contributed by atoms with Crippen molar-refractivity contribution in [3.63, 3.8) is 0 Å². The van der Waals surface area contributed by atoms with E-state index in [9.17, 15) is 0 Å². The second-order valence-electron chi connectivity index (χ2n) is 8.07. The van der Waals surface area contributed by atoms with Crippen molar-refractivity contribution in [2.45, 2.75) is 25.2 Å². The van der Waals surface area contributed by atoms with E-state index in [4.69, 9.17) is 23.2 Å². The van der Waals surface area contributed by atoms with Crippen molar-refractivity contribution in [1.29, 1.82) is 0 Å². The molecule has 154 valence electrons. The van der Waals surface area contributed by atoms with E-state index in [1.807, 2.05) is 41.2 Å². The summed E-state index contributed by atoms with van der Waals surface area (Å²) in [5.41, 5.74) is 4.88. The first-order valence-corrected chi connectivity index (χ1v) is 11.2. The third kappa shape index (κ3) is 4.13. The molecule has 2 aromatic carbocycles. The van der Waals surface area contributed by atoms with Crippen LogP contribution in [0.2, 0.25) is 10.0 Å². The summed E-state index contributed by atoms with van der Waals surface area (Å²) in [5, 5.41) is 7.32. The third-order valence-corrected chi connectivity index (χ3v) is 6.63. The Balaban J connectivity index is 1.17. The van der Waals surface area contributed by atoms with Crippen LogP contribution < -0.4 is 0 Å². The zero-order valence-electron chi connectivity index (χ0n) is 16.7. The number of aromatic amines is 1. The molecular weight excluding hydrogens is 415 g/mol. The topological polar surface area (TPSA) is 36.9 Å². The van der Waals surface area contributed by atoms with Crippen molar-refractivity contribution in [2.24, 2.45) is 0 Å². The minimum atomic E-state index is 0.598. The molecule has 5 rings (SSSR count). The molecular formula is C24H24Cl2N4. The van der Waals surface area contributed by atoms with Crippen molar-refractivity contribution in [3.05, 3.63) is 82.2 Å². The molecule has 1 saturated heterocycles. The zero-order chi connectivity index (χ0) is 20.5. The second-order valence-corrected chi connectivity index (χ2v) is 8.94. The largest absolute Gasteiger partial charge is 0.361 e. The standard InChI is InChI=1S/C24H24Cl2N4/c25-19-1-4-21(5-2-19)30-16-17(14-28-30)7-10-29-11-8-18(9-12-29)23-15-27-24-6-3-20(26)13-22(23)24/h1-6,13-16,18,27H,7-12H2. The molecule has 0 saturated carbocycles. The molecule has 1 fully saturated rings. The number of rotatable bonds is 5. The number of hydrogen-bond donors (Lipinski definition) is 1. The van der Waals surface area contributed by atoms with E-state index in [0.29, 0.717) is 5.92 Å². The molecule has 3 heterocycles. The van der Waals surface area contributed by atoms with Gasteiger partial charge in [-0.25, -0.2) is 4.68 Å². The second kappa shape index (κ2) is 8.46. The van der Waals surface area contributed by atoms with E-state index < -0.39 is 0 Å². The molecule has 2 aromatic heterocycles. The lowest BCUT2D eigenvalue weighted by molar-refractivity contribution is 0.215. The van der Waals surface area contributed by atoms with Crippen LogP contribution in [0, 0.1) is 0 Å². The zero-order valence-corrected chi connectivity index (χ0v) is 18.2. The van der Waals surface area contributed by atoms with Crippen LogP contribution in [0.1, 0.15) is 29.9 Å². The molecule has 1 aliphatic rings. The summed E-state index contributed by atoms with van der Waals surface area (Å²) in [7, 11) is 0. The number of nitrogens with one attached hydrogen (secondary N) is 1. The molecule has 1 aliphatic heterocycles. The van der Waals surface area contributed by atoms with Gasteiger partial charge in [-0.2, -0.15) is 5.10 Å². The molecule has 0 radical (unpaired) electrons. The molecule has 30 heavy (non-hydrogen) atoms. The Morgan fingerprint density at radius 2 is 1.77 bits per heavy atom. The quantitative estimate of drug-likeness (QED) is 0.409. The molecule has 4 nitrogen and oxygen atoms in total. The fraction of sp³-hybridized carbons (Fsp3) is 0.292. The summed E-state index contributed by atoms with van der Waals surface area (Å²) < 4.78 is 1.92. The monoisotopic (exact) mass is 438 g/mol. The number of nitrogens with zero attached hydrogens (tertiary/aromatic N) is 3. The fourth-order valence-corrected chi connectivity index (χ4v) is 4.73. The Morgan fingerprint density at radius 3 is 2.57 bits per heavy atom. The van der Waals surface area contributed by atoms with Gasteiger partial charge >= 0.3 is 0 Å². The van der Waals surface area contributed by atoms with Crippen molar-refractivity contribution >= 4 is 34.1 Å². The van der Waals surface area contributed by atoms with Crippen LogP contribution in [0.3, 0.4) is 0 Å². The third-order valence-electron chi connectivity index (χ3n) is 6.15. The van der Waals surface area contributed by atoms with Gasteiger partial charge < -0.3 is 9.88 Å². The molecule has 0 bridgehead atoms. The van der Waals surface area contributed by atoms with E-state index >= 15 is 0 Å². The number of halogens is 2. The number of aromatic nitrogens is 3. The number of benzene rings is 2. The van der Waals surface area contributed by atoms with Gasteiger partial charge in [0.25, 0.3) is 0 Å². The van der Waals surface area contributed by atoms with Crippen LogP contribution in [0.5, 0.6) is 0 Å². The Labute approximate surface area is 186 Å². The normalized spacial score (nSPS) is 15.8. The number of hydrogen-bond acceptors (Lipinski definition) is 2. The number of piperidine rings is 1. The lowest BCUT2D eigenvalue weighted by Gasteiger charge is -2.31. The van der Waals surface area contributed by atoms with Gasteiger partial charge in [-0.05, 0) is 91.9 Å². The average molecular weight is 439 g/mol. The van der Waals surface area contributed by atoms with Crippen LogP contribution in [0.15, 0.2) is 61.1 Å². The van der Waals surface area contributed by atoms with Gasteiger partial charge in [0, 0.05) is 39.9 Å². The first kappa shape index (κ1) is 19.7. The predicted octanol–water partition coefficient (Wildman–Crippen LogP) is 6.08. The van der Waals surface area contributed by atoms with Crippen molar-refractivity contribution in [2.75, 3.05) is 19.6 Å². The minimum Gasteiger partial charge on any atom is -0.361 e. The Hall–Kier alpha value is -2.27. The van der Waals surface area contributed by atoms with Gasteiger partial charge in [0.15, 0.2) is 0 Å². The molecule has 0 aliphatic carbocycles. The van der Waals surface area contributed by atoms with Crippen molar-refractivity contribution in [3.8, 4) is 5.69 Å². The summed E-state index contributed by atoms with van der Waals surface area (Å²) >= 11 is 12.2. The van der Waals surface area contributed by atoms with Crippen LogP contribution in [-0.2, 0) is 6.42 Å². The number of H-pyrrole nitrogens is 1. The summed E-state index contributed by atoms with van der Waals surface area (Å²) in [6, 6.07) is 13.9. The highest BCUT2D eigenvalue weighted by molar-refractivity contribution is 6.31. The van der Waals surface area contributed by atoms with E-state index in [0.717, 1.165) is 41.8 Å². The fourth-order valence-electron chi connectivity index (χ4n) is 4.43. The van der Waals surface area contributed by atoms with Crippen molar-refractivity contribution in [1.82, 2.24) is 19.7 Å². The van der Waals surface area contributed by atoms with Crippen LogP contribution >= 0.6 is 23.2 Å². The molecule has 0 amide bonds. The molecule has 0 atom stereocenters. The van der Waals surface area contributed by atoms with Crippen LogP contribution in [0.4, 0.5) is 0 Å².